The molecule has 2 aromatic carbocycles. The van der Waals surface area contributed by atoms with Gasteiger partial charge in [0.05, 0.1) is 12.1 Å². The second kappa shape index (κ2) is 9.95. The normalized spacial score (nSPS) is 17.2. The first-order chi connectivity index (χ1) is 18.7. The predicted octanol–water partition coefficient (Wildman–Crippen LogP) is 5.52. The van der Waals surface area contributed by atoms with Gasteiger partial charge in [-0.3, -0.25) is 4.79 Å². The van der Waals surface area contributed by atoms with Crippen molar-refractivity contribution in [1.29, 1.82) is 0 Å². The van der Waals surface area contributed by atoms with Gasteiger partial charge in [-0.1, -0.05) is 36.7 Å². The van der Waals surface area contributed by atoms with Crippen LogP contribution in [-0.2, 0) is 32.4 Å². The number of halogens is 3. The molecule has 1 atom stereocenters. The summed E-state index contributed by atoms with van der Waals surface area (Å²) in [6.45, 7) is 7.01. The fourth-order valence-electron chi connectivity index (χ4n) is 5.14. The lowest BCUT2D eigenvalue weighted by Crippen LogP contribution is -2.39. The first kappa shape index (κ1) is 28.2. The zero-order valence-electron chi connectivity index (χ0n) is 22.3. The van der Waals surface area contributed by atoms with Crippen molar-refractivity contribution in [3.8, 4) is 0 Å². The number of hydrogen-bond donors (Lipinski definition) is 1. The summed E-state index contributed by atoms with van der Waals surface area (Å²) in [6, 6.07) is 7.48. The molecule has 1 amide bonds. The molecule has 212 valence electrons. The molecule has 2 aliphatic rings. The second-order valence-corrected chi connectivity index (χ2v) is 13.1. The van der Waals surface area contributed by atoms with E-state index in [2.05, 4.69) is 9.82 Å². The minimum atomic E-state index is -4.36. The monoisotopic (exact) mass is 591 g/mol. The van der Waals surface area contributed by atoms with E-state index in [0.29, 0.717) is 11.3 Å². The van der Waals surface area contributed by atoms with Gasteiger partial charge in [0.15, 0.2) is 5.03 Å². The Hall–Kier alpha value is -3.31. The minimum Gasteiger partial charge on any atom is -0.441 e. The molecular formula is C28H28ClF2N3O5S. The summed E-state index contributed by atoms with van der Waals surface area (Å²) in [7, 11) is -4.36. The summed E-state index contributed by atoms with van der Waals surface area (Å²) in [6.07, 6.45) is 1.09. The van der Waals surface area contributed by atoms with Crippen LogP contribution in [0, 0.1) is 18.6 Å². The molecule has 0 spiro atoms. The number of sulfonamides is 1. The number of nitrogens with one attached hydrogen (secondary N) is 1. The molecule has 8 nitrogen and oxygen atoms in total. The highest BCUT2D eigenvalue weighted by atomic mass is 35.5. The van der Waals surface area contributed by atoms with E-state index in [4.69, 9.17) is 16.3 Å². The van der Waals surface area contributed by atoms with E-state index in [1.54, 1.807) is 20.8 Å². The highest BCUT2D eigenvalue weighted by molar-refractivity contribution is 7.90. The maximum atomic E-state index is 14.7. The Morgan fingerprint density at radius 1 is 1.25 bits per heavy atom. The fourth-order valence-corrected chi connectivity index (χ4v) is 6.27. The molecule has 3 aromatic rings. The van der Waals surface area contributed by atoms with Gasteiger partial charge in [0.2, 0.25) is 5.91 Å². The fraction of sp³-hybridized carbons (Fsp3) is 0.393. The van der Waals surface area contributed by atoms with E-state index in [9.17, 15) is 26.8 Å². The van der Waals surface area contributed by atoms with Crippen molar-refractivity contribution in [1.82, 2.24) is 14.5 Å². The SMILES string of the molecule is Cc1cc(C(C)c2ccc(F)c(Cl)c2F)cc(C2CC2)c1CC(=O)NS(=O)(=O)c1cc2n(n1)C(=O)OC(C)(C)C2. The Labute approximate surface area is 235 Å². The predicted molar refractivity (Wildman–Crippen MR) is 143 cm³/mol. The number of amides is 1. The molecule has 1 aliphatic heterocycles. The van der Waals surface area contributed by atoms with E-state index in [1.807, 2.05) is 19.1 Å². The zero-order chi connectivity index (χ0) is 29.1. The minimum absolute atomic E-state index is 0.196. The molecule has 1 aliphatic carbocycles. The van der Waals surface area contributed by atoms with Crippen molar-refractivity contribution in [3.63, 3.8) is 0 Å². The van der Waals surface area contributed by atoms with Crippen LogP contribution < -0.4 is 4.72 Å². The number of rotatable bonds is 7. The number of carbonyl (C=O) groups excluding carboxylic acids is 2. The van der Waals surface area contributed by atoms with E-state index >= 15 is 0 Å². The van der Waals surface area contributed by atoms with Gasteiger partial charge in [-0.25, -0.2) is 18.3 Å². The van der Waals surface area contributed by atoms with Gasteiger partial charge in [0, 0.05) is 18.4 Å². The zero-order valence-corrected chi connectivity index (χ0v) is 23.9. The van der Waals surface area contributed by atoms with Crippen molar-refractivity contribution in [3.05, 3.63) is 80.5 Å². The number of cyclic esters (lactones) is 1. The maximum Gasteiger partial charge on any atom is 0.435 e. The number of aryl methyl sites for hydroxylation is 1. The van der Waals surface area contributed by atoms with Crippen LogP contribution in [0.25, 0.3) is 0 Å². The first-order valence-electron chi connectivity index (χ1n) is 12.8. The van der Waals surface area contributed by atoms with Crippen LogP contribution in [0.15, 0.2) is 35.4 Å². The molecule has 5 rings (SSSR count). The number of hydrogen-bond acceptors (Lipinski definition) is 6. The Morgan fingerprint density at radius 3 is 2.62 bits per heavy atom. The first-order valence-corrected chi connectivity index (χ1v) is 14.7. The number of fused-ring (bicyclic) bond motifs is 1. The molecule has 0 radical (unpaired) electrons. The molecule has 1 saturated carbocycles. The Balaban J connectivity index is 1.39. The molecule has 0 saturated heterocycles. The topological polar surface area (TPSA) is 107 Å². The molecule has 1 N–H and O–H groups in total. The highest BCUT2D eigenvalue weighted by Crippen LogP contribution is 2.44. The Bertz CT molecular complexity index is 1660. The average molecular weight is 592 g/mol. The van der Waals surface area contributed by atoms with Gasteiger partial charge in [0.1, 0.15) is 22.3 Å². The van der Waals surface area contributed by atoms with Crippen LogP contribution in [0.5, 0.6) is 0 Å². The highest BCUT2D eigenvalue weighted by Gasteiger charge is 2.36. The second-order valence-electron chi connectivity index (χ2n) is 11.1. The molecule has 12 heteroatoms. The number of ether oxygens (including phenoxy) is 1. The van der Waals surface area contributed by atoms with Gasteiger partial charge in [-0.05, 0) is 73.4 Å². The van der Waals surface area contributed by atoms with Crippen LogP contribution >= 0.6 is 11.6 Å². The molecule has 1 unspecified atom stereocenters. The summed E-state index contributed by atoms with van der Waals surface area (Å²) in [5.41, 5.74) is 2.91. The third-order valence-electron chi connectivity index (χ3n) is 7.34. The van der Waals surface area contributed by atoms with Crippen LogP contribution in [0.3, 0.4) is 0 Å². The summed E-state index contributed by atoms with van der Waals surface area (Å²) >= 11 is 5.79. The summed E-state index contributed by atoms with van der Waals surface area (Å²) in [5, 5.41) is 2.85. The molecule has 40 heavy (non-hydrogen) atoms. The summed E-state index contributed by atoms with van der Waals surface area (Å²) < 4.78 is 62.6. The molecular weight excluding hydrogens is 564 g/mol. The van der Waals surface area contributed by atoms with Crippen molar-refractivity contribution < 1.29 is 31.5 Å². The van der Waals surface area contributed by atoms with Crippen molar-refractivity contribution in [2.45, 2.75) is 75.8 Å². The molecule has 0 bridgehead atoms. The maximum absolute atomic E-state index is 14.7. The van der Waals surface area contributed by atoms with E-state index < -0.39 is 55.2 Å². The van der Waals surface area contributed by atoms with Crippen LogP contribution in [0.4, 0.5) is 13.6 Å². The number of carbonyl (C=O) groups is 2. The summed E-state index contributed by atoms with van der Waals surface area (Å²) in [5.74, 6) is -2.65. The average Bonchev–Trinajstić information content (AvgIpc) is 3.60. The van der Waals surface area contributed by atoms with Gasteiger partial charge in [-0.2, -0.15) is 13.1 Å². The van der Waals surface area contributed by atoms with Crippen molar-refractivity contribution >= 4 is 33.6 Å². The van der Waals surface area contributed by atoms with E-state index in [0.717, 1.165) is 40.3 Å². The number of aromatic nitrogens is 2. The Kier molecular flexibility index (Phi) is 7.02. The lowest BCUT2D eigenvalue weighted by molar-refractivity contribution is -0.118. The largest absolute Gasteiger partial charge is 0.441 e. The number of benzene rings is 2. The lowest BCUT2D eigenvalue weighted by Gasteiger charge is -2.29. The van der Waals surface area contributed by atoms with Gasteiger partial charge < -0.3 is 4.74 Å². The number of nitrogens with zero attached hydrogens (tertiary/aromatic N) is 2. The quantitative estimate of drug-likeness (QED) is 0.363. The third-order valence-corrected chi connectivity index (χ3v) is 8.94. The standard InChI is InChI=1S/C28H28ClF2N3O5S/c1-14-9-17(15(2)19-7-8-22(30)25(29)26(19)31)10-21(16-5-6-16)20(14)12-23(35)33-40(37,38)24-11-18-13-28(3,4)39-27(36)34(18)32-24/h7-11,15-16H,5-6,12-13H2,1-4H3,(H,33,35). The van der Waals surface area contributed by atoms with E-state index in [1.165, 1.54) is 12.1 Å². The molecule has 1 aromatic heterocycles. The van der Waals surface area contributed by atoms with Gasteiger partial charge in [-0.15, -0.1) is 5.10 Å². The van der Waals surface area contributed by atoms with Crippen LogP contribution in [0.1, 0.15) is 79.0 Å². The molecule has 2 heterocycles. The van der Waals surface area contributed by atoms with Crippen LogP contribution in [-0.4, -0.2) is 35.8 Å². The third kappa shape index (κ3) is 5.36. The smallest absolute Gasteiger partial charge is 0.435 e. The van der Waals surface area contributed by atoms with Gasteiger partial charge >= 0.3 is 6.09 Å². The van der Waals surface area contributed by atoms with E-state index in [-0.39, 0.29) is 24.3 Å². The molecule has 1 fully saturated rings. The van der Waals surface area contributed by atoms with Crippen molar-refractivity contribution in [2.24, 2.45) is 0 Å². The lowest BCUT2D eigenvalue weighted by atomic mass is 9.86. The summed E-state index contributed by atoms with van der Waals surface area (Å²) in [4.78, 5) is 25.2. The van der Waals surface area contributed by atoms with Gasteiger partial charge in [0.25, 0.3) is 10.0 Å². The van der Waals surface area contributed by atoms with Crippen molar-refractivity contribution in [2.75, 3.05) is 0 Å². The Morgan fingerprint density at radius 2 is 1.95 bits per heavy atom. The van der Waals surface area contributed by atoms with Crippen LogP contribution in [0.2, 0.25) is 5.02 Å².